The predicted octanol–water partition coefficient (Wildman–Crippen LogP) is 4.74. The molecule has 6 nitrogen and oxygen atoms in total. The lowest BCUT2D eigenvalue weighted by atomic mass is 10.1. The van der Waals surface area contributed by atoms with Crippen molar-refractivity contribution in [3.63, 3.8) is 0 Å². The van der Waals surface area contributed by atoms with Gasteiger partial charge in [0.15, 0.2) is 0 Å². The summed E-state index contributed by atoms with van der Waals surface area (Å²) in [5.74, 6) is 1.26. The van der Waals surface area contributed by atoms with E-state index in [1.165, 1.54) is 0 Å². The molecule has 1 amide bonds. The van der Waals surface area contributed by atoms with Crippen LogP contribution in [0.4, 0.5) is 11.5 Å². The van der Waals surface area contributed by atoms with Gasteiger partial charge in [-0.25, -0.2) is 9.97 Å². The first-order chi connectivity index (χ1) is 14.5. The Morgan fingerprint density at radius 2 is 1.83 bits per heavy atom. The summed E-state index contributed by atoms with van der Waals surface area (Å²) in [6, 6.07) is 19.3. The van der Waals surface area contributed by atoms with Crippen molar-refractivity contribution in [2.45, 2.75) is 33.3 Å². The van der Waals surface area contributed by atoms with E-state index in [1.54, 1.807) is 6.07 Å². The van der Waals surface area contributed by atoms with Gasteiger partial charge in [0.2, 0.25) is 0 Å². The summed E-state index contributed by atoms with van der Waals surface area (Å²) in [6.45, 7) is 7.08. The van der Waals surface area contributed by atoms with Gasteiger partial charge >= 0.3 is 0 Å². The Morgan fingerprint density at radius 3 is 2.60 bits per heavy atom. The van der Waals surface area contributed by atoms with Gasteiger partial charge in [-0.05, 0) is 45.4 Å². The zero-order valence-electron chi connectivity index (χ0n) is 17.7. The molecule has 0 aliphatic carbocycles. The number of aromatic nitrogens is 2. The number of amides is 1. The van der Waals surface area contributed by atoms with E-state index in [-0.39, 0.29) is 12.0 Å². The Morgan fingerprint density at radius 1 is 1.03 bits per heavy atom. The molecule has 0 aliphatic heterocycles. The van der Waals surface area contributed by atoms with Gasteiger partial charge in [0.05, 0.1) is 11.8 Å². The van der Waals surface area contributed by atoms with Crippen LogP contribution in [0.3, 0.4) is 0 Å². The number of nitrogens with one attached hydrogen (secondary N) is 2. The number of benzene rings is 2. The van der Waals surface area contributed by atoms with Crippen molar-refractivity contribution in [2.75, 3.05) is 18.5 Å². The van der Waals surface area contributed by atoms with E-state index in [2.05, 4.69) is 20.6 Å². The minimum absolute atomic E-state index is 0.105. The molecule has 1 heterocycles. The van der Waals surface area contributed by atoms with E-state index < -0.39 is 0 Å². The number of anilines is 2. The van der Waals surface area contributed by atoms with Crippen LogP contribution in [-0.2, 0) is 4.74 Å². The molecule has 0 fully saturated rings. The van der Waals surface area contributed by atoms with Crippen LogP contribution in [0.1, 0.15) is 36.5 Å². The van der Waals surface area contributed by atoms with Crippen LogP contribution in [0.5, 0.6) is 0 Å². The third kappa shape index (κ3) is 6.39. The van der Waals surface area contributed by atoms with Gasteiger partial charge in [-0.1, -0.05) is 36.4 Å². The first-order valence-corrected chi connectivity index (χ1v) is 10.2. The van der Waals surface area contributed by atoms with Crippen molar-refractivity contribution in [1.82, 2.24) is 15.3 Å². The standard InChI is InChI=1S/C24H28N4O2/c1-17(2)30-14-8-13-25-24(29)20-11-7-12-21(15-20)28-23-16-22(26-18(3)27-23)19-9-5-4-6-10-19/h4-7,9-12,15-17H,8,13-14H2,1-3H3,(H,25,29)(H,26,27,28). The molecule has 3 aromatic rings. The topological polar surface area (TPSA) is 76.1 Å². The van der Waals surface area contributed by atoms with E-state index in [0.717, 1.165) is 23.4 Å². The molecule has 156 valence electrons. The molecule has 3 rings (SSSR count). The van der Waals surface area contributed by atoms with E-state index in [1.807, 2.05) is 75.4 Å². The van der Waals surface area contributed by atoms with Gasteiger partial charge in [0, 0.05) is 36.0 Å². The number of aryl methyl sites for hydroxylation is 1. The van der Waals surface area contributed by atoms with E-state index in [9.17, 15) is 4.79 Å². The number of hydrogen-bond donors (Lipinski definition) is 2. The third-order valence-corrected chi connectivity index (χ3v) is 4.36. The molecule has 2 aromatic carbocycles. The van der Waals surface area contributed by atoms with Crippen molar-refractivity contribution in [1.29, 1.82) is 0 Å². The molecular formula is C24H28N4O2. The van der Waals surface area contributed by atoms with Crippen LogP contribution in [0.25, 0.3) is 11.3 Å². The Kier molecular flexibility index (Phi) is 7.51. The lowest BCUT2D eigenvalue weighted by Gasteiger charge is -2.11. The predicted molar refractivity (Wildman–Crippen MR) is 120 cm³/mol. The first-order valence-electron chi connectivity index (χ1n) is 10.2. The molecule has 30 heavy (non-hydrogen) atoms. The average molecular weight is 405 g/mol. The molecule has 0 bridgehead atoms. The van der Waals surface area contributed by atoms with Crippen molar-refractivity contribution < 1.29 is 9.53 Å². The Balaban J connectivity index is 1.65. The average Bonchev–Trinajstić information content (AvgIpc) is 2.73. The zero-order chi connectivity index (χ0) is 21.3. The maximum absolute atomic E-state index is 12.4. The van der Waals surface area contributed by atoms with Crippen LogP contribution in [0.15, 0.2) is 60.7 Å². The zero-order valence-corrected chi connectivity index (χ0v) is 17.7. The van der Waals surface area contributed by atoms with Crippen molar-refractivity contribution in [3.8, 4) is 11.3 Å². The summed E-state index contributed by atoms with van der Waals surface area (Å²) in [4.78, 5) is 21.4. The highest BCUT2D eigenvalue weighted by Gasteiger charge is 2.08. The fourth-order valence-electron chi connectivity index (χ4n) is 2.97. The Hall–Kier alpha value is -3.25. The second-order valence-electron chi connectivity index (χ2n) is 7.29. The molecule has 0 radical (unpaired) electrons. The number of ether oxygens (including phenoxy) is 1. The smallest absolute Gasteiger partial charge is 0.251 e. The largest absolute Gasteiger partial charge is 0.379 e. The van der Waals surface area contributed by atoms with Crippen molar-refractivity contribution in [3.05, 3.63) is 72.1 Å². The first kappa shape index (κ1) is 21.5. The number of hydrogen-bond acceptors (Lipinski definition) is 5. The lowest BCUT2D eigenvalue weighted by Crippen LogP contribution is -2.25. The molecule has 6 heteroatoms. The highest BCUT2D eigenvalue weighted by atomic mass is 16.5. The minimum Gasteiger partial charge on any atom is -0.379 e. The van der Waals surface area contributed by atoms with Crippen LogP contribution in [0.2, 0.25) is 0 Å². The molecular weight excluding hydrogens is 376 g/mol. The third-order valence-electron chi connectivity index (χ3n) is 4.36. The monoisotopic (exact) mass is 404 g/mol. The summed E-state index contributed by atoms with van der Waals surface area (Å²) in [7, 11) is 0. The maximum Gasteiger partial charge on any atom is 0.251 e. The van der Waals surface area contributed by atoms with Crippen LogP contribution in [0, 0.1) is 6.92 Å². The van der Waals surface area contributed by atoms with Gasteiger partial charge < -0.3 is 15.4 Å². The van der Waals surface area contributed by atoms with Gasteiger partial charge in [-0.2, -0.15) is 0 Å². The van der Waals surface area contributed by atoms with Crippen molar-refractivity contribution >= 4 is 17.4 Å². The summed E-state index contributed by atoms with van der Waals surface area (Å²) < 4.78 is 5.49. The summed E-state index contributed by atoms with van der Waals surface area (Å²) in [5.41, 5.74) is 3.27. The molecule has 0 atom stereocenters. The van der Waals surface area contributed by atoms with Gasteiger partial charge in [0.1, 0.15) is 11.6 Å². The van der Waals surface area contributed by atoms with Crippen LogP contribution < -0.4 is 10.6 Å². The SMILES string of the molecule is Cc1nc(Nc2cccc(C(=O)NCCCOC(C)C)c2)cc(-c2ccccc2)n1. The Labute approximate surface area is 177 Å². The van der Waals surface area contributed by atoms with Gasteiger partial charge in [-0.3, -0.25) is 4.79 Å². The van der Waals surface area contributed by atoms with E-state index >= 15 is 0 Å². The quantitative estimate of drug-likeness (QED) is 0.504. The van der Waals surface area contributed by atoms with Crippen LogP contribution >= 0.6 is 0 Å². The van der Waals surface area contributed by atoms with E-state index in [0.29, 0.717) is 30.4 Å². The van der Waals surface area contributed by atoms with Crippen LogP contribution in [-0.4, -0.2) is 35.1 Å². The fraction of sp³-hybridized carbons (Fsp3) is 0.292. The summed E-state index contributed by atoms with van der Waals surface area (Å²) in [6.07, 6.45) is 0.987. The second kappa shape index (κ2) is 10.5. The number of nitrogens with zero attached hydrogens (tertiary/aromatic N) is 2. The number of rotatable bonds is 9. The molecule has 0 saturated heterocycles. The maximum atomic E-state index is 12.4. The number of carbonyl (C=O) groups is 1. The minimum atomic E-state index is -0.105. The molecule has 0 aliphatic rings. The highest BCUT2D eigenvalue weighted by Crippen LogP contribution is 2.22. The second-order valence-corrected chi connectivity index (χ2v) is 7.29. The van der Waals surface area contributed by atoms with Gasteiger partial charge in [-0.15, -0.1) is 0 Å². The highest BCUT2D eigenvalue weighted by molar-refractivity contribution is 5.95. The summed E-state index contributed by atoms with van der Waals surface area (Å²) in [5, 5.41) is 6.22. The van der Waals surface area contributed by atoms with E-state index in [4.69, 9.17) is 4.74 Å². The van der Waals surface area contributed by atoms with Crippen molar-refractivity contribution in [2.24, 2.45) is 0 Å². The molecule has 0 unspecified atom stereocenters. The lowest BCUT2D eigenvalue weighted by molar-refractivity contribution is 0.0757. The number of carbonyl (C=O) groups excluding carboxylic acids is 1. The summed E-state index contributed by atoms with van der Waals surface area (Å²) >= 11 is 0. The normalized spacial score (nSPS) is 10.8. The Bertz CT molecular complexity index is 974. The molecule has 1 aromatic heterocycles. The molecule has 2 N–H and O–H groups in total. The van der Waals surface area contributed by atoms with Gasteiger partial charge in [0.25, 0.3) is 5.91 Å². The fourth-order valence-corrected chi connectivity index (χ4v) is 2.97. The molecule has 0 saturated carbocycles. The molecule has 0 spiro atoms.